The molecule has 0 atom stereocenters. The van der Waals surface area contributed by atoms with E-state index in [0.29, 0.717) is 29.7 Å². The lowest BCUT2D eigenvalue weighted by atomic mass is 10.1. The van der Waals surface area contributed by atoms with Crippen LogP contribution in [0.25, 0.3) is 0 Å². The third-order valence-corrected chi connectivity index (χ3v) is 4.34. The van der Waals surface area contributed by atoms with Crippen molar-refractivity contribution < 1.29 is 5.11 Å². The summed E-state index contributed by atoms with van der Waals surface area (Å²) in [5.74, 6) is 0.589. The standard InChI is InChI=1S/C13H18ClN3O2/c14-10-5-16-17(6-9-1-2-9)12(19)11(10)15-7-13(8-18)3-4-13/h5,9,15,18H,1-4,6-8H2. The van der Waals surface area contributed by atoms with Gasteiger partial charge in [-0.25, -0.2) is 4.68 Å². The Morgan fingerprint density at radius 3 is 2.84 bits per heavy atom. The quantitative estimate of drug-likeness (QED) is 0.830. The maximum absolute atomic E-state index is 12.3. The van der Waals surface area contributed by atoms with Crippen molar-refractivity contribution in [2.45, 2.75) is 32.2 Å². The summed E-state index contributed by atoms with van der Waals surface area (Å²) < 4.78 is 1.49. The Hall–Kier alpha value is -1.07. The molecule has 1 aromatic rings. The van der Waals surface area contributed by atoms with Gasteiger partial charge in [-0.1, -0.05) is 11.6 Å². The summed E-state index contributed by atoms with van der Waals surface area (Å²) in [6, 6.07) is 0. The van der Waals surface area contributed by atoms with Gasteiger partial charge in [-0.15, -0.1) is 0 Å². The third-order valence-electron chi connectivity index (χ3n) is 4.06. The number of halogens is 1. The van der Waals surface area contributed by atoms with Crippen LogP contribution in [0.2, 0.25) is 5.02 Å². The number of aliphatic hydroxyl groups is 1. The van der Waals surface area contributed by atoms with Crippen molar-refractivity contribution in [3.8, 4) is 0 Å². The van der Waals surface area contributed by atoms with Crippen molar-refractivity contribution >= 4 is 17.3 Å². The molecule has 2 aliphatic rings. The average Bonchev–Trinajstić information content (AvgIpc) is 3.29. The van der Waals surface area contributed by atoms with Gasteiger partial charge in [-0.05, 0) is 31.6 Å². The molecule has 0 amide bonds. The van der Waals surface area contributed by atoms with E-state index in [-0.39, 0.29) is 17.6 Å². The second kappa shape index (κ2) is 4.80. The molecule has 1 aromatic heterocycles. The Morgan fingerprint density at radius 1 is 1.53 bits per heavy atom. The fourth-order valence-corrected chi connectivity index (χ4v) is 2.34. The van der Waals surface area contributed by atoms with Crippen LogP contribution in [0.5, 0.6) is 0 Å². The minimum atomic E-state index is -0.159. The highest BCUT2D eigenvalue weighted by molar-refractivity contribution is 6.32. The van der Waals surface area contributed by atoms with Crippen molar-refractivity contribution in [3.63, 3.8) is 0 Å². The predicted octanol–water partition coefficient (Wildman–Crippen LogP) is 1.49. The molecule has 0 radical (unpaired) electrons. The van der Waals surface area contributed by atoms with Crippen LogP contribution in [0.1, 0.15) is 25.7 Å². The normalized spacial score (nSPS) is 20.3. The molecule has 0 bridgehead atoms. The number of aromatic nitrogens is 2. The molecule has 0 aromatic carbocycles. The first kappa shape index (κ1) is 12.9. The monoisotopic (exact) mass is 283 g/mol. The van der Waals surface area contributed by atoms with Crippen LogP contribution in [-0.4, -0.2) is 28.0 Å². The zero-order chi connectivity index (χ0) is 13.5. The Balaban J connectivity index is 1.76. The Bertz CT molecular complexity index is 535. The maximum atomic E-state index is 12.3. The van der Waals surface area contributed by atoms with Crippen molar-refractivity contribution in [2.24, 2.45) is 11.3 Å². The molecule has 19 heavy (non-hydrogen) atoms. The lowest BCUT2D eigenvalue weighted by Crippen LogP contribution is -2.29. The minimum Gasteiger partial charge on any atom is -0.396 e. The van der Waals surface area contributed by atoms with Gasteiger partial charge in [0.25, 0.3) is 5.56 Å². The van der Waals surface area contributed by atoms with Crippen LogP contribution in [-0.2, 0) is 6.54 Å². The van der Waals surface area contributed by atoms with E-state index in [0.717, 1.165) is 12.8 Å². The van der Waals surface area contributed by atoms with E-state index in [2.05, 4.69) is 10.4 Å². The lowest BCUT2D eigenvalue weighted by molar-refractivity contribution is 0.219. The average molecular weight is 284 g/mol. The summed E-state index contributed by atoms with van der Waals surface area (Å²) in [6.45, 7) is 1.42. The van der Waals surface area contributed by atoms with Gasteiger partial charge in [-0.3, -0.25) is 4.79 Å². The molecular weight excluding hydrogens is 266 g/mol. The number of anilines is 1. The van der Waals surface area contributed by atoms with Gasteiger partial charge in [0.15, 0.2) is 0 Å². The first-order chi connectivity index (χ1) is 9.13. The molecule has 2 fully saturated rings. The summed E-state index contributed by atoms with van der Waals surface area (Å²) in [6.07, 6.45) is 5.86. The van der Waals surface area contributed by atoms with Gasteiger partial charge in [0, 0.05) is 18.5 Å². The zero-order valence-electron chi connectivity index (χ0n) is 10.7. The predicted molar refractivity (Wildman–Crippen MR) is 73.5 cm³/mol. The molecular formula is C13H18ClN3O2. The van der Waals surface area contributed by atoms with Gasteiger partial charge < -0.3 is 10.4 Å². The Kier molecular flexibility index (Phi) is 3.27. The number of nitrogens with one attached hydrogen (secondary N) is 1. The molecule has 1 heterocycles. The smallest absolute Gasteiger partial charge is 0.291 e. The zero-order valence-corrected chi connectivity index (χ0v) is 11.5. The fraction of sp³-hybridized carbons (Fsp3) is 0.692. The van der Waals surface area contributed by atoms with E-state index in [1.54, 1.807) is 0 Å². The first-order valence-electron chi connectivity index (χ1n) is 6.74. The highest BCUT2D eigenvalue weighted by atomic mass is 35.5. The van der Waals surface area contributed by atoms with Crippen molar-refractivity contribution in [1.29, 1.82) is 0 Å². The number of aliphatic hydroxyl groups excluding tert-OH is 1. The molecule has 0 aliphatic heterocycles. The van der Waals surface area contributed by atoms with Crippen LogP contribution in [0, 0.1) is 11.3 Å². The van der Waals surface area contributed by atoms with E-state index in [1.165, 1.54) is 23.7 Å². The van der Waals surface area contributed by atoms with Crippen molar-refractivity contribution in [1.82, 2.24) is 9.78 Å². The molecule has 0 saturated heterocycles. The van der Waals surface area contributed by atoms with Gasteiger partial charge in [0.05, 0.1) is 17.8 Å². The number of nitrogens with zero attached hydrogens (tertiary/aromatic N) is 2. The van der Waals surface area contributed by atoms with Gasteiger partial charge in [0.2, 0.25) is 0 Å². The van der Waals surface area contributed by atoms with Crippen molar-refractivity contribution in [2.75, 3.05) is 18.5 Å². The number of rotatable bonds is 6. The fourth-order valence-electron chi connectivity index (χ4n) is 2.15. The van der Waals surface area contributed by atoms with Crippen LogP contribution in [0.4, 0.5) is 5.69 Å². The van der Waals surface area contributed by atoms with Crippen LogP contribution >= 0.6 is 11.6 Å². The molecule has 2 aliphatic carbocycles. The molecule has 2 N–H and O–H groups in total. The topological polar surface area (TPSA) is 67.2 Å². The molecule has 104 valence electrons. The Morgan fingerprint density at radius 2 is 2.26 bits per heavy atom. The Labute approximate surface area is 116 Å². The largest absolute Gasteiger partial charge is 0.396 e. The lowest BCUT2D eigenvalue weighted by Gasteiger charge is -2.15. The van der Waals surface area contributed by atoms with Crippen molar-refractivity contribution in [3.05, 3.63) is 21.6 Å². The highest BCUT2D eigenvalue weighted by Gasteiger charge is 2.42. The van der Waals surface area contributed by atoms with E-state index in [4.69, 9.17) is 11.6 Å². The summed E-state index contributed by atoms with van der Waals surface area (Å²) >= 11 is 6.05. The molecule has 0 unspecified atom stereocenters. The second-order valence-corrected chi connectivity index (χ2v) is 6.22. The molecule has 2 saturated carbocycles. The maximum Gasteiger partial charge on any atom is 0.291 e. The number of hydrogen-bond acceptors (Lipinski definition) is 4. The highest BCUT2D eigenvalue weighted by Crippen LogP contribution is 2.45. The summed E-state index contributed by atoms with van der Waals surface area (Å²) in [5, 5.41) is 16.8. The van der Waals surface area contributed by atoms with E-state index in [1.807, 2.05) is 0 Å². The summed E-state index contributed by atoms with van der Waals surface area (Å²) in [4.78, 5) is 12.3. The van der Waals surface area contributed by atoms with Crippen LogP contribution in [0.3, 0.4) is 0 Å². The molecule has 6 heteroatoms. The molecule has 0 spiro atoms. The molecule has 5 nitrogen and oxygen atoms in total. The first-order valence-corrected chi connectivity index (χ1v) is 7.12. The van der Waals surface area contributed by atoms with E-state index < -0.39 is 0 Å². The summed E-state index contributed by atoms with van der Waals surface area (Å²) in [5.41, 5.74) is 0.200. The van der Waals surface area contributed by atoms with Crippen LogP contribution in [0.15, 0.2) is 11.0 Å². The van der Waals surface area contributed by atoms with E-state index in [9.17, 15) is 9.90 Å². The van der Waals surface area contributed by atoms with Gasteiger partial charge >= 0.3 is 0 Å². The summed E-state index contributed by atoms with van der Waals surface area (Å²) in [7, 11) is 0. The third kappa shape index (κ3) is 2.77. The van der Waals surface area contributed by atoms with E-state index >= 15 is 0 Å². The van der Waals surface area contributed by atoms with Gasteiger partial charge in [0.1, 0.15) is 5.69 Å². The number of hydrogen-bond donors (Lipinski definition) is 2. The SMILES string of the molecule is O=c1c(NCC2(CO)CC2)c(Cl)cnn1CC1CC1. The van der Waals surface area contributed by atoms with Gasteiger partial charge in [-0.2, -0.15) is 5.10 Å². The minimum absolute atomic E-state index is 0.0552. The molecule has 3 rings (SSSR count). The second-order valence-electron chi connectivity index (χ2n) is 5.81. The van der Waals surface area contributed by atoms with Crippen LogP contribution < -0.4 is 10.9 Å².